The number of carbonyl (C=O) groups excluding carboxylic acids is 1. The summed E-state index contributed by atoms with van der Waals surface area (Å²) in [5.74, 6) is 0.661. The van der Waals surface area contributed by atoms with Crippen LogP contribution in [0.1, 0.15) is 17.3 Å². The first-order valence-electron chi connectivity index (χ1n) is 8.35. The van der Waals surface area contributed by atoms with Gasteiger partial charge in [-0.3, -0.25) is 9.79 Å². The lowest BCUT2D eigenvalue weighted by molar-refractivity contribution is 0.0954. The van der Waals surface area contributed by atoms with Gasteiger partial charge < -0.3 is 20.5 Å². The van der Waals surface area contributed by atoms with Crippen molar-refractivity contribution in [2.24, 2.45) is 4.99 Å². The number of hydrogen-bond acceptors (Lipinski definition) is 2. The summed E-state index contributed by atoms with van der Waals surface area (Å²) >= 11 is 3.37. The van der Waals surface area contributed by atoms with E-state index in [-0.39, 0.29) is 5.91 Å². The molecule has 0 fully saturated rings. The third-order valence-corrected chi connectivity index (χ3v) is 3.92. The first kappa shape index (κ1) is 19.1. The Morgan fingerprint density at radius 3 is 2.64 bits per heavy atom. The molecule has 0 aliphatic heterocycles. The Morgan fingerprint density at radius 2 is 1.92 bits per heavy atom. The second kappa shape index (κ2) is 10.6. The summed E-state index contributed by atoms with van der Waals surface area (Å²) in [7, 11) is 0. The maximum absolute atomic E-state index is 12.1. The number of aliphatic imine (C=N–C) groups is 1. The molecular weight excluding hydrogens is 382 g/mol. The number of hydrogen-bond donors (Lipinski definition) is 3. The molecule has 1 heterocycles. The maximum Gasteiger partial charge on any atom is 0.251 e. The fourth-order valence-electron chi connectivity index (χ4n) is 2.23. The van der Waals surface area contributed by atoms with Gasteiger partial charge in [-0.1, -0.05) is 22.0 Å². The second-order valence-corrected chi connectivity index (χ2v) is 6.29. The Morgan fingerprint density at radius 1 is 1.12 bits per heavy atom. The normalized spacial score (nSPS) is 11.2. The van der Waals surface area contributed by atoms with E-state index in [4.69, 9.17) is 0 Å². The predicted molar refractivity (Wildman–Crippen MR) is 105 cm³/mol. The third-order valence-electron chi connectivity index (χ3n) is 3.43. The van der Waals surface area contributed by atoms with E-state index < -0.39 is 0 Å². The smallest absolute Gasteiger partial charge is 0.251 e. The highest BCUT2D eigenvalue weighted by Crippen LogP contribution is 2.11. The molecule has 0 aliphatic carbocycles. The minimum Gasteiger partial charge on any atom is -0.357 e. The molecule has 0 unspecified atom stereocenters. The van der Waals surface area contributed by atoms with Gasteiger partial charge in [-0.15, -0.1) is 0 Å². The van der Waals surface area contributed by atoms with Crippen LogP contribution in [-0.2, 0) is 6.54 Å². The number of benzene rings is 1. The van der Waals surface area contributed by atoms with E-state index in [9.17, 15) is 4.79 Å². The predicted octanol–water partition coefficient (Wildman–Crippen LogP) is 2.24. The van der Waals surface area contributed by atoms with Crippen LogP contribution in [-0.4, -0.2) is 42.6 Å². The average molecular weight is 406 g/mol. The zero-order valence-corrected chi connectivity index (χ0v) is 15.9. The van der Waals surface area contributed by atoms with Crippen molar-refractivity contribution in [3.8, 4) is 0 Å². The van der Waals surface area contributed by atoms with Gasteiger partial charge >= 0.3 is 0 Å². The summed E-state index contributed by atoms with van der Waals surface area (Å²) < 4.78 is 2.99. The molecule has 2 rings (SSSR count). The number of amides is 1. The average Bonchev–Trinajstić information content (AvgIpc) is 3.12. The number of guanidine groups is 1. The van der Waals surface area contributed by atoms with Crippen LogP contribution < -0.4 is 16.0 Å². The van der Waals surface area contributed by atoms with Gasteiger partial charge in [0.2, 0.25) is 0 Å². The van der Waals surface area contributed by atoms with Crippen molar-refractivity contribution >= 4 is 27.8 Å². The molecule has 2 aromatic rings. The number of nitrogens with zero attached hydrogens (tertiary/aromatic N) is 2. The quantitative estimate of drug-likeness (QED) is 0.358. The Bertz CT molecular complexity index is 685. The Hall–Kier alpha value is -2.28. The minimum absolute atomic E-state index is 0.0953. The van der Waals surface area contributed by atoms with E-state index in [1.165, 1.54) is 0 Å². The van der Waals surface area contributed by atoms with Crippen LogP contribution in [0.3, 0.4) is 0 Å². The number of nitrogens with one attached hydrogen (secondary N) is 3. The lowest BCUT2D eigenvalue weighted by atomic mass is 10.2. The van der Waals surface area contributed by atoms with E-state index in [2.05, 4.69) is 41.4 Å². The number of aromatic nitrogens is 1. The molecule has 6 nitrogen and oxygen atoms in total. The zero-order valence-electron chi connectivity index (χ0n) is 14.3. The van der Waals surface area contributed by atoms with E-state index in [1.54, 1.807) is 12.1 Å². The second-order valence-electron chi connectivity index (χ2n) is 5.37. The molecule has 25 heavy (non-hydrogen) atoms. The van der Waals surface area contributed by atoms with Crippen molar-refractivity contribution in [1.29, 1.82) is 0 Å². The van der Waals surface area contributed by atoms with Crippen molar-refractivity contribution in [2.45, 2.75) is 13.5 Å². The van der Waals surface area contributed by atoms with Gasteiger partial charge in [-0.25, -0.2) is 0 Å². The van der Waals surface area contributed by atoms with E-state index in [0.717, 1.165) is 30.1 Å². The summed E-state index contributed by atoms with van der Waals surface area (Å²) in [6.45, 7) is 5.47. The largest absolute Gasteiger partial charge is 0.357 e. The van der Waals surface area contributed by atoms with Gasteiger partial charge in [-0.05, 0) is 37.3 Å². The van der Waals surface area contributed by atoms with Crippen LogP contribution in [0, 0.1) is 0 Å². The number of carbonyl (C=O) groups is 1. The highest BCUT2D eigenvalue weighted by molar-refractivity contribution is 9.10. The van der Waals surface area contributed by atoms with Gasteiger partial charge in [0.25, 0.3) is 5.91 Å². The monoisotopic (exact) mass is 405 g/mol. The summed E-state index contributed by atoms with van der Waals surface area (Å²) in [5.41, 5.74) is 0.634. The SMILES string of the molecule is CCNC(=NCCNC(=O)c1cccc(Br)c1)NCCn1cccc1. The molecule has 0 aliphatic rings. The summed E-state index contributed by atoms with van der Waals surface area (Å²) in [5, 5.41) is 9.36. The molecule has 0 spiro atoms. The van der Waals surface area contributed by atoms with Gasteiger partial charge in [0.05, 0.1) is 6.54 Å². The molecule has 1 amide bonds. The lowest BCUT2D eigenvalue weighted by Gasteiger charge is -2.12. The molecule has 134 valence electrons. The Kier molecular flexibility index (Phi) is 8.04. The van der Waals surface area contributed by atoms with Gasteiger partial charge in [0.1, 0.15) is 0 Å². The minimum atomic E-state index is -0.0953. The van der Waals surface area contributed by atoms with Crippen molar-refractivity contribution in [3.05, 3.63) is 58.8 Å². The summed E-state index contributed by atoms with van der Waals surface area (Å²) in [4.78, 5) is 16.5. The fourth-order valence-corrected chi connectivity index (χ4v) is 2.63. The van der Waals surface area contributed by atoms with Crippen LogP contribution in [0.25, 0.3) is 0 Å². The van der Waals surface area contributed by atoms with Crippen LogP contribution in [0.15, 0.2) is 58.3 Å². The third kappa shape index (κ3) is 7.01. The highest BCUT2D eigenvalue weighted by Gasteiger charge is 2.04. The van der Waals surface area contributed by atoms with E-state index in [0.29, 0.717) is 18.7 Å². The van der Waals surface area contributed by atoms with Crippen molar-refractivity contribution in [1.82, 2.24) is 20.5 Å². The first-order chi connectivity index (χ1) is 12.2. The molecule has 1 aromatic carbocycles. The van der Waals surface area contributed by atoms with Crippen LogP contribution in [0.5, 0.6) is 0 Å². The lowest BCUT2D eigenvalue weighted by Crippen LogP contribution is -2.39. The number of halogens is 1. The molecule has 0 atom stereocenters. The highest BCUT2D eigenvalue weighted by atomic mass is 79.9. The first-order valence-corrected chi connectivity index (χ1v) is 9.15. The van der Waals surface area contributed by atoms with Crippen molar-refractivity contribution in [2.75, 3.05) is 26.2 Å². The summed E-state index contributed by atoms with van der Waals surface area (Å²) in [6, 6.07) is 11.3. The van der Waals surface area contributed by atoms with Gasteiger partial charge in [0, 0.05) is 48.6 Å². The molecule has 7 heteroatoms. The molecule has 0 bridgehead atoms. The molecule has 1 aromatic heterocycles. The van der Waals surface area contributed by atoms with Gasteiger partial charge in [-0.2, -0.15) is 0 Å². The molecule has 3 N–H and O–H groups in total. The topological polar surface area (TPSA) is 70.4 Å². The van der Waals surface area contributed by atoms with Crippen LogP contribution >= 0.6 is 15.9 Å². The van der Waals surface area contributed by atoms with E-state index >= 15 is 0 Å². The molecule has 0 saturated carbocycles. The zero-order chi connectivity index (χ0) is 17.9. The standard InChI is InChI=1S/C18H24BrN5O/c1-2-20-18(23-10-13-24-11-3-4-12-24)22-9-8-21-17(25)15-6-5-7-16(19)14-15/h3-7,11-12,14H,2,8-10,13H2,1H3,(H,21,25)(H2,20,22,23). The summed E-state index contributed by atoms with van der Waals surface area (Å²) in [6.07, 6.45) is 4.06. The Labute approximate surface area is 156 Å². The van der Waals surface area contributed by atoms with Gasteiger partial charge in [0.15, 0.2) is 5.96 Å². The van der Waals surface area contributed by atoms with Crippen molar-refractivity contribution < 1.29 is 4.79 Å². The molecule has 0 saturated heterocycles. The Balaban J connectivity index is 1.73. The fraction of sp³-hybridized carbons (Fsp3) is 0.333. The molecular formula is C18H24BrN5O. The van der Waals surface area contributed by atoms with Crippen LogP contribution in [0.4, 0.5) is 0 Å². The number of rotatable bonds is 8. The maximum atomic E-state index is 12.1. The van der Waals surface area contributed by atoms with E-state index in [1.807, 2.05) is 43.6 Å². The van der Waals surface area contributed by atoms with Crippen LogP contribution in [0.2, 0.25) is 0 Å². The van der Waals surface area contributed by atoms with Crippen molar-refractivity contribution in [3.63, 3.8) is 0 Å². The molecule has 0 radical (unpaired) electrons.